The van der Waals surface area contributed by atoms with E-state index in [0.717, 1.165) is 24.6 Å². The average molecular weight is 304 g/mol. The summed E-state index contributed by atoms with van der Waals surface area (Å²) in [5.41, 5.74) is 1.58. The number of hydrogen-bond acceptors (Lipinski definition) is 3. The fraction of sp³-hybridized carbons (Fsp3) is 0.647. The highest BCUT2D eigenvalue weighted by atomic mass is 16.5. The van der Waals surface area contributed by atoms with Crippen LogP contribution in [0.25, 0.3) is 0 Å². The summed E-state index contributed by atoms with van der Waals surface area (Å²) in [4.78, 5) is 8.78. The van der Waals surface area contributed by atoms with Crippen LogP contribution in [-0.4, -0.2) is 31.1 Å². The van der Waals surface area contributed by atoms with Gasteiger partial charge >= 0.3 is 0 Å². The minimum Gasteiger partial charge on any atom is -0.481 e. The van der Waals surface area contributed by atoms with Crippen LogP contribution in [0.1, 0.15) is 45.1 Å². The lowest BCUT2D eigenvalue weighted by atomic mass is 9.67. The zero-order chi connectivity index (χ0) is 15.8. The van der Waals surface area contributed by atoms with Gasteiger partial charge in [0.05, 0.1) is 13.7 Å². The third kappa shape index (κ3) is 4.36. The Morgan fingerprint density at radius 3 is 2.77 bits per heavy atom. The molecule has 2 rings (SSSR count). The minimum absolute atomic E-state index is 0.482. The molecule has 1 saturated carbocycles. The SMILES string of the molecule is CCNC(=NCc1ccnc(OC)c1)NCC1(CC)CCC1. The number of ether oxygens (including phenoxy) is 1. The predicted molar refractivity (Wildman–Crippen MR) is 90.2 cm³/mol. The molecule has 0 unspecified atom stereocenters. The second-order valence-corrected chi connectivity index (χ2v) is 5.96. The van der Waals surface area contributed by atoms with E-state index in [1.807, 2.05) is 12.1 Å². The molecule has 5 heteroatoms. The number of aromatic nitrogens is 1. The predicted octanol–water partition coefficient (Wildman–Crippen LogP) is 2.73. The van der Waals surface area contributed by atoms with Crippen molar-refractivity contribution in [2.45, 2.75) is 46.1 Å². The monoisotopic (exact) mass is 304 g/mol. The highest BCUT2D eigenvalue weighted by Crippen LogP contribution is 2.42. The first-order chi connectivity index (χ1) is 10.7. The van der Waals surface area contributed by atoms with E-state index in [9.17, 15) is 0 Å². The van der Waals surface area contributed by atoms with E-state index >= 15 is 0 Å². The van der Waals surface area contributed by atoms with E-state index < -0.39 is 0 Å². The number of aliphatic imine (C=N–C) groups is 1. The van der Waals surface area contributed by atoms with E-state index in [-0.39, 0.29) is 0 Å². The van der Waals surface area contributed by atoms with Crippen LogP contribution in [-0.2, 0) is 6.54 Å². The Morgan fingerprint density at radius 2 is 2.18 bits per heavy atom. The molecule has 0 aromatic carbocycles. The molecule has 1 fully saturated rings. The molecule has 5 nitrogen and oxygen atoms in total. The largest absolute Gasteiger partial charge is 0.481 e. The van der Waals surface area contributed by atoms with E-state index in [1.54, 1.807) is 13.3 Å². The van der Waals surface area contributed by atoms with Gasteiger partial charge in [-0.05, 0) is 43.2 Å². The summed E-state index contributed by atoms with van der Waals surface area (Å²) in [5, 5.41) is 6.82. The fourth-order valence-electron chi connectivity index (χ4n) is 2.78. The maximum atomic E-state index is 5.15. The molecule has 1 aromatic rings. The molecular formula is C17H28N4O. The van der Waals surface area contributed by atoms with Crippen LogP contribution in [0.15, 0.2) is 23.3 Å². The summed E-state index contributed by atoms with van der Waals surface area (Å²) in [6.07, 6.45) is 7.01. The molecule has 2 N–H and O–H groups in total. The number of methoxy groups -OCH3 is 1. The van der Waals surface area contributed by atoms with Gasteiger partial charge in [-0.2, -0.15) is 0 Å². The van der Waals surface area contributed by atoms with Gasteiger partial charge in [0.1, 0.15) is 0 Å². The van der Waals surface area contributed by atoms with Gasteiger partial charge in [0.25, 0.3) is 0 Å². The fourth-order valence-corrected chi connectivity index (χ4v) is 2.78. The first-order valence-electron chi connectivity index (χ1n) is 8.22. The van der Waals surface area contributed by atoms with Crippen molar-refractivity contribution in [1.82, 2.24) is 15.6 Å². The van der Waals surface area contributed by atoms with Gasteiger partial charge < -0.3 is 15.4 Å². The number of nitrogens with zero attached hydrogens (tertiary/aromatic N) is 2. The molecule has 0 radical (unpaired) electrons. The van der Waals surface area contributed by atoms with Crippen LogP contribution in [0.2, 0.25) is 0 Å². The lowest BCUT2D eigenvalue weighted by Gasteiger charge is -2.41. The Labute approximate surface area is 133 Å². The van der Waals surface area contributed by atoms with Crippen LogP contribution < -0.4 is 15.4 Å². The van der Waals surface area contributed by atoms with Crippen LogP contribution in [0.4, 0.5) is 0 Å². The van der Waals surface area contributed by atoms with Crippen molar-refractivity contribution in [2.24, 2.45) is 10.4 Å². The second-order valence-electron chi connectivity index (χ2n) is 5.96. The highest BCUT2D eigenvalue weighted by Gasteiger charge is 2.34. The van der Waals surface area contributed by atoms with Crippen molar-refractivity contribution in [3.05, 3.63) is 23.9 Å². The van der Waals surface area contributed by atoms with Crippen LogP contribution >= 0.6 is 0 Å². The standard InChI is InChI=1S/C17H28N4O/c1-4-17(8-6-9-17)13-21-16(18-5-2)20-12-14-7-10-19-15(11-14)22-3/h7,10-11H,4-6,8-9,12-13H2,1-3H3,(H2,18,20,21). The van der Waals surface area contributed by atoms with E-state index in [0.29, 0.717) is 17.8 Å². The van der Waals surface area contributed by atoms with Crippen molar-refractivity contribution >= 4 is 5.96 Å². The van der Waals surface area contributed by atoms with Gasteiger partial charge in [-0.15, -0.1) is 0 Å². The van der Waals surface area contributed by atoms with Gasteiger partial charge in [0.2, 0.25) is 5.88 Å². The van der Waals surface area contributed by atoms with E-state index in [1.165, 1.54) is 25.7 Å². The molecule has 0 saturated heterocycles. The van der Waals surface area contributed by atoms with Crippen LogP contribution in [0.5, 0.6) is 5.88 Å². The smallest absolute Gasteiger partial charge is 0.213 e. The van der Waals surface area contributed by atoms with Gasteiger partial charge in [-0.1, -0.05) is 13.3 Å². The normalized spacial score (nSPS) is 16.8. The summed E-state index contributed by atoms with van der Waals surface area (Å²) < 4.78 is 5.15. The number of rotatable bonds is 7. The van der Waals surface area contributed by atoms with Crippen molar-refractivity contribution in [2.75, 3.05) is 20.2 Å². The maximum absolute atomic E-state index is 5.15. The average Bonchev–Trinajstić information content (AvgIpc) is 2.52. The Bertz CT molecular complexity index is 492. The Kier molecular flexibility index (Phi) is 6.04. The molecular weight excluding hydrogens is 276 g/mol. The summed E-state index contributed by atoms with van der Waals surface area (Å²) in [5.74, 6) is 1.52. The summed E-state index contributed by atoms with van der Waals surface area (Å²) in [6.45, 7) is 6.87. The van der Waals surface area contributed by atoms with Gasteiger partial charge in [-0.25, -0.2) is 9.98 Å². The van der Waals surface area contributed by atoms with Gasteiger partial charge in [-0.3, -0.25) is 0 Å². The van der Waals surface area contributed by atoms with Gasteiger partial charge in [0, 0.05) is 25.4 Å². The summed E-state index contributed by atoms with van der Waals surface area (Å²) in [6, 6.07) is 3.89. The molecule has 22 heavy (non-hydrogen) atoms. The Morgan fingerprint density at radius 1 is 1.36 bits per heavy atom. The minimum atomic E-state index is 0.482. The quantitative estimate of drug-likeness (QED) is 0.601. The van der Waals surface area contributed by atoms with Gasteiger partial charge in [0.15, 0.2) is 5.96 Å². The lowest BCUT2D eigenvalue weighted by Crippen LogP contribution is -2.46. The van der Waals surface area contributed by atoms with E-state index in [4.69, 9.17) is 4.74 Å². The molecule has 1 aromatic heterocycles. The zero-order valence-corrected chi connectivity index (χ0v) is 14.0. The molecule has 0 bridgehead atoms. The third-order valence-electron chi connectivity index (χ3n) is 4.57. The Balaban J connectivity index is 1.94. The first kappa shape index (κ1) is 16.6. The molecule has 0 spiro atoms. The molecule has 0 aliphatic heterocycles. The number of pyridine rings is 1. The summed E-state index contributed by atoms with van der Waals surface area (Å²) >= 11 is 0. The van der Waals surface area contributed by atoms with E-state index in [2.05, 4.69) is 34.5 Å². The maximum Gasteiger partial charge on any atom is 0.213 e. The van der Waals surface area contributed by atoms with Crippen LogP contribution in [0.3, 0.4) is 0 Å². The zero-order valence-electron chi connectivity index (χ0n) is 14.0. The molecule has 1 aliphatic rings. The van der Waals surface area contributed by atoms with Crippen molar-refractivity contribution in [3.63, 3.8) is 0 Å². The number of hydrogen-bond donors (Lipinski definition) is 2. The second kappa shape index (κ2) is 8.01. The molecule has 1 aliphatic carbocycles. The van der Waals surface area contributed by atoms with Crippen molar-refractivity contribution < 1.29 is 4.74 Å². The first-order valence-corrected chi connectivity index (χ1v) is 8.22. The van der Waals surface area contributed by atoms with Crippen molar-refractivity contribution in [3.8, 4) is 5.88 Å². The lowest BCUT2D eigenvalue weighted by molar-refractivity contribution is 0.131. The summed E-state index contributed by atoms with van der Waals surface area (Å²) in [7, 11) is 1.63. The number of guanidine groups is 1. The third-order valence-corrected chi connectivity index (χ3v) is 4.57. The Hall–Kier alpha value is -1.78. The van der Waals surface area contributed by atoms with Crippen molar-refractivity contribution in [1.29, 1.82) is 0 Å². The topological polar surface area (TPSA) is 58.5 Å². The molecule has 122 valence electrons. The molecule has 0 atom stereocenters. The highest BCUT2D eigenvalue weighted by molar-refractivity contribution is 5.79. The van der Waals surface area contributed by atoms with Crippen LogP contribution in [0, 0.1) is 5.41 Å². The molecule has 1 heterocycles. The molecule has 0 amide bonds. The number of nitrogens with one attached hydrogen (secondary N) is 2.